The van der Waals surface area contributed by atoms with Crippen molar-refractivity contribution in [2.45, 2.75) is 25.1 Å². The Kier molecular flexibility index (Phi) is 6.22. The Labute approximate surface area is 295 Å². The number of nitrogens with zero attached hydrogens (tertiary/aromatic N) is 1. The summed E-state index contributed by atoms with van der Waals surface area (Å²) >= 11 is 0. The van der Waals surface area contributed by atoms with Crippen LogP contribution in [0.5, 0.6) is 0 Å². The van der Waals surface area contributed by atoms with Crippen LogP contribution < -0.4 is 10.1 Å². The molecule has 8 aromatic rings. The Hall–Kier alpha value is -5.70. The van der Waals surface area contributed by atoms with E-state index in [2.05, 4.69) is 194 Å². The van der Waals surface area contributed by atoms with Crippen molar-refractivity contribution in [2.24, 2.45) is 0 Å². The molecule has 0 atom stereocenters. The van der Waals surface area contributed by atoms with Gasteiger partial charge in [-0.15, -0.1) is 0 Å². The van der Waals surface area contributed by atoms with E-state index in [4.69, 9.17) is 0 Å². The molecule has 50 heavy (non-hydrogen) atoms. The van der Waals surface area contributed by atoms with E-state index in [1.165, 1.54) is 76.9 Å². The Bertz CT molecular complexity index is 2580. The molecule has 8 aromatic carbocycles. The first-order chi connectivity index (χ1) is 24.4. The monoisotopic (exact) mass is 655 g/mol. The maximum absolute atomic E-state index is 2.48. The largest absolute Gasteiger partial charge is 0.310 e. The van der Waals surface area contributed by atoms with Gasteiger partial charge < -0.3 is 4.90 Å². The van der Waals surface area contributed by atoms with Gasteiger partial charge in [-0.05, 0) is 115 Å². The summed E-state index contributed by atoms with van der Waals surface area (Å²) < 4.78 is 0. The van der Waals surface area contributed by atoms with Crippen molar-refractivity contribution < 1.29 is 0 Å². The summed E-state index contributed by atoms with van der Waals surface area (Å²) in [7, 11) is -1.42. The normalized spacial score (nSPS) is 13.7. The van der Waals surface area contributed by atoms with Crippen LogP contribution in [0.4, 0.5) is 17.1 Å². The van der Waals surface area contributed by atoms with Gasteiger partial charge in [0.05, 0.1) is 13.5 Å². The fourth-order valence-corrected chi connectivity index (χ4v) is 10.1. The molecule has 0 unspecified atom stereocenters. The first-order valence-corrected chi connectivity index (χ1v) is 21.2. The lowest BCUT2D eigenvalue weighted by Gasteiger charge is -2.32. The molecule has 0 heterocycles. The minimum atomic E-state index is -1.42. The lowest BCUT2D eigenvalue weighted by molar-refractivity contribution is 0.802. The maximum atomic E-state index is 2.48. The summed E-state index contributed by atoms with van der Waals surface area (Å²) in [4.78, 5) is 2.40. The maximum Gasteiger partial charge on any atom is 0.0775 e. The molecule has 0 aliphatic heterocycles. The van der Waals surface area contributed by atoms with Crippen LogP contribution in [0.2, 0.25) is 19.6 Å². The molecule has 0 amide bonds. The van der Waals surface area contributed by atoms with Crippen LogP contribution >= 0.6 is 0 Å². The van der Waals surface area contributed by atoms with E-state index in [1.807, 2.05) is 0 Å². The van der Waals surface area contributed by atoms with Crippen LogP contribution in [0, 0.1) is 0 Å². The van der Waals surface area contributed by atoms with Crippen LogP contribution in [0.1, 0.15) is 22.3 Å². The number of hydrogen-bond donors (Lipinski definition) is 0. The second kappa shape index (κ2) is 10.6. The highest BCUT2D eigenvalue weighted by Gasteiger charge is 2.52. The van der Waals surface area contributed by atoms with Gasteiger partial charge in [-0.2, -0.15) is 0 Å². The molecular formula is C48H37NSi. The molecule has 0 fully saturated rings. The molecule has 0 aromatic heterocycles. The molecule has 0 N–H and O–H groups in total. The van der Waals surface area contributed by atoms with Gasteiger partial charge in [0.2, 0.25) is 0 Å². The van der Waals surface area contributed by atoms with Crippen molar-refractivity contribution in [3.63, 3.8) is 0 Å². The van der Waals surface area contributed by atoms with E-state index in [-0.39, 0.29) is 0 Å². The van der Waals surface area contributed by atoms with Crippen molar-refractivity contribution in [2.75, 3.05) is 4.90 Å². The van der Waals surface area contributed by atoms with E-state index < -0.39 is 13.5 Å². The fraction of sp³-hybridized carbons (Fsp3) is 0.0833. The number of para-hydroxylation sites is 1. The SMILES string of the molecule is C[Si](C)(C)c1ccc(N(c2ccccc2)c2ccc3c4c(ccc3c2)-c2cc3ccccc3cc2C42c3ccccc3-c3ccccc32)cc1. The standard InChI is InChI=1S/C48H37NSi/c1-50(2,3)38-25-22-36(23-26-38)49(35-15-5-4-6-16-35)37-24-28-39-34(29-37)21-27-42-43-30-32-13-7-8-14-33(32)31-46(43)48(47(39)42)44-19-11-9-17-40(44)41-18-10-12-20-45(41)48/h4-31H,1-3H3. The van der Waals surface area contributed by atoms with Crippen LogP contribution in [0.25, 0.3) is 43.8 Å². The van der Waals surface area contributed by atoms with Crippen LogP contribution in [0.3, 0.4) is 0 Å². The molecule has 2 aliphatic rings. The minimum absolute atomic E-state index is 0.408. The summed E-state index contributed by atoms with van der Waals surface area (Å²) in [6, 6.07) is 63.9. The third-order valence-corrected chi connectivity index (χ3v) is 13.2. The third-order valence-electron chi connectivity index (χ3n) is 11.2. The average molecular weight is 656 g/mol. The second-order valence-electron chi connectivity index (χ2n) is 14.9. The predicted molar refractivity (Wildman–Crippen MR) is 215 cm³/mol. The number of benzene rings is 8. The molecule has 0 saturated heterocycles. The Morgan fingerprint density at radius 1 is 0.400 bits per heavy atom. The van der Waals surface area contributed by atoms with Gasteiger partial charge in [-0.3, -0.25) is 0 Å². The quantitative estimate of drug-likeness (QED) is 0.171. The zero-order valence-electron chi connectivity index (χ0n) is 28.6. The summed E-state index contributed by atoms with van der Waals surface area (Å²) in [5.41, 5.74) is 14.0. The molecule has 0 bridgehead atoms. The summed E-state index contributed by atoms with van der Waals surface area (Å²) in [5, 5.41) is 6.59. The molecule has 2 aliphatic carbocycles. The van der Waals surface area contributed by atoms with Crippen molar-refractivity contribution in [3.05, 3.63) is 192 Å². The van der Waals surface area contributed by atoms with Gasteiger partial charge in [0.25, 0.3) is 0 Å². The van der Waals surface area contributed by atoms with Gasteiger partial charge in [0.15, 0.2) is 0 Å². The lowest BCUT2D eigenvalue weighted by atomic mass is 9.69. The van der Waals surface area contributed by atoms with Crippen molar-refractivity contribution in [3.8, 4) is 22.3 Å². The lowest BCUT2D eigenvalue weighted by Crippen LogP contribution is -2.37. The Morgan fingerprint density at radius 2 is 0.980 bits per heavy atom. The zero-order valence-corrected chi connectivity index (χ0v) is 29.6. The second-order valence-corrected chi connectivity index (χ2v) is 20.0. The van der Waals surface area contributed by atoms with Crippen molar-refractivity contribution >= 4 is 51.9 Å². The van der Waals surface area contributed by atoms with E-state index >= 15 is 0 Å². The first-order valence-electron chi connectivity index (χ1n) is 17.7. The molecule has 238 valence electrons. The smallest absolute Gasteiger partial charge is 0.0775 e. The van der Waals surface area contributed by atoms with Crippen molar-refractivity contribution in [1.82, 2.24) is 0 Å². The number of anilines is 3. The summed E-state index contributed by atoms with van der Waals surface area (Å²) in [5.74, 6) is 0. The van der Waals surface area contributed by atoms with E-state index in [9.17, 15) is 0 Å². The molecule has 1 nitrogen and oxygen atoms in total. The topological polar surface area (TPSA) is 3.24 Å². The van der Waals surface area contributed by atoms with Crippen molar-refractivity contribution in [1.29, 1.82) is 0 Å². The zero-order chi connectivity index (χ0) is 33.6. The fourth-order valence-electron chi connectivity index (χ4n) is 8.92. The molecule has 10 rings (SSSR count). The van der Waals surface area contributed by atoms with Gasteiger partial charge in [-0.25, -0.2) is 0 Å². The molecule has 0 saturated carbocycles. The molecule has 1 spiro atoms. The highest BCUT2D eigenvalue weighted by molar-refractivity contribution is 6.88. The number of hydrogen-bond acceptors (Lipinski definition) is 1. The molecule has 0 radical (unpaired) electrons. The van der Waals surface area contributed by atoms with E-state index in [0.717, 1.165) is 11.4 Å². The average Bonchev–Trinajstić information content (AvgIpc) is 3.61. The molecule has 2 heteroatoms. The van der Waals surface area contributed by atoms with Gasteiger partial charge in [-0.1, -0.05) is 146 Å². The number of fused-ring (bicyclic) bond motifs is 13. The van der Waals surface area contributed by atoms with Gasteiger partial charge in [0.1, 0.15) is 0 Å². The van der Waals surface area contributed by atoms with Gasteiger partial charge >= 0.3 is 0 Å². The highest BCUT2D eigenvalue weighted by atomic mass is 28.3. The Morgan fingerprint density at radius 3 is 1.66 bits per heavy atom. The highest BCUT2D eigenvalue weighted by Crippen LogP contribution is 2.64. The minimum Gasteiger partial charge on any atom is -0.310 e. The Balaban J connectivity index is 1.25. The summed E-state index contributed by atoms with van der Waals surface area (Å²) in [6.07, 6.45) is 0. The summed E-state index contributed by atoms with van der Waals surface area (Å²) in [6.45, 7) is 7.23. The van der Waals surface area contributed by atoms with E-state index in [1.54, 1.807) is 0 Å². The predicted octanol–water partition coefficient (Wildman–Crippen LogP) is 12.4. The first kappa shape index (κ1) is 29.2. The third kappa shape index (κ3) is 4.06. The molecular weight excluding hydrogens is 619 g/mol. The van der Waals surface area contributed by atoms with Gasteiger partial charge in [0, 0.05) is 17.1 Å². The number of rotatable bonds is 4. The van der Waals surface area contributed by atoms with E-state index in [0.29, 0.717) is 0 Å². The van der Waals surface area contributed by atoms with Crippen LogP contribution in [0.15, 0.2) is 170 Å². The van der Waals surface area contributed by atoms with Crippen LogP contribution in [-0.4, -0.2) is 8.07 Å². The van der Waals surface area contributed by atoms with Crippen LogP contribution in [-0.2, 0) is 5.41 Å².